The van der Waals surface area contributed by atoms with Gasteiger partial charge in [0.05, 0.1) is 17.4 Å². The molecule has 1 fully saturated rings. The third-order valence-electron chi connectivity index (χ3n) is 5.01. The predicted octanol–water partition coefficient (Wildman–Crippen LogP) is 3.54. The average Bonchev–Trinajstić information content (AvgIpc) is 3.39. The molecule has 0 aromatic heterocycles. The van der Waals surface area contributed by atoms with Gasteiger partial charge in [0.25, 0.3) is 0 Å². The number of anilines is 2. The molecule has 0 radical (unpaired) electrons. The van der Waals surface area contributed by atoms with Crippen molar-refractivity contribution in [2.45, 2.75) is 32.4 Å². The summed E-state index contributed by atoms with van der Waals surface area (Å²) in [4.78, 5) is 16.6. The van der Waals surface area contributed by atoms with Crippen LogP contribution in [0.15, 0.2) is 48.5 Å². The van der Waals surface area contributed by atoms with Gasteiger partial charge in [0.1, 0.15) is 5.75 Å². The highest BCUT2D eigenvalue weighted by Crippen LogP contribution is 2.44. The number of carbonyl (C=O) groups excluding carboxylic acids is 1. The summed E-state index contributed by atoms with van der Waals surface area (Å²) in [5, 5.41) is 9.73. The van der Waals surface area contributed by atoms with Crippen LogP contribution in [-0.4, -0.2) is 23.6 Å². The molecule has 1 amide bonds. The van der Waals surface area contributed by atoms with Crippen LogP contribution in [0.3, 0.4) is 0 Å². The monoisotopic (exact) mass is 322 g/mol. The number of rotatable bonds is 3. The highest BCUT2D eigenvalue weighted by atomic mass is 16.3. The molecule has 0 spiro atoms. The standard InChI is InChI=1S/C20H22N2O2/c1-14(23)22-19-8-3-2-7-18(19)21(13-20(22)16-9-10-16)12-15-5-4-6-17(24)11-15/h2-8,11,16,20,24H,9-10,12-13H2,1H3. The molecule has 0 bridgehead atoms. The Bertz CT molecular complexity index is 770. The van der Waals surface area contributed by atoms with Crippen LogP contribution in [0.1, 0.15) is 25.3 Å². The first kappa shape index (κ1) is 15.1. The summed E-state index contributed by atoms with van der Waals surface area (Å²) < 4.78 is 0. The number of phenolic OH excluding ortho intramolecular Hbond substituents is 1. The van der Waals surface area contributed by atoms with Gasteiger partial charge < -0.3 is 14.9 Å². The number of hydrogen-bond donors (Lipinski definition) is 1. The molecule has 4 heteroatoms. The van der Waals surface area contributed by atoms with E-state index in [1.807, 2.05) is 41.3 Å². The molecule has 1 aliphatic carbocycles. The first-order valence-corrected chi connectivity index (χ1v) is 8.55. The van der Waals surface area contributed by atoms with Crippen LogP contribution in [0.5, 0.6) is 5.75 Å². The van der Waals surface area contributed by atoms with Crippen LogP contribution in [0.4, 0.5) is 11.4 Å². The van der Waals surface area contributed by atoms with E-state index in [1.54, 1.807) is 13.0 Å². The molecule has 1 atom stereocenters. The van der Waals surface area contributed by atoms with Gasteiger partial charge in [-0.2, -0.15) is 0 Å². The summed E-state index contributed by atoms with van der Waals surface area (Å²) >= 11 is 0. The van der Waals surface area contributed by atoms with Crippen LogP contribution in [-0.2, 0) is 11.3 Å². The van der Waals surface area contributed by atoms with Gasteiger partial charge >= 0.3 is 0 Å². The topological polar surface area (TPSA) is 43.8 Å². The van der Waals surface area contributed by atoms with Gasteiger partial charge in [-0.05, 0) is 48.6 Å². The zero-order valence-corrected chi connectivity index (χ0v) is 13.9. The van der Waals surface area contributed by atoms with Crippen molar-refractivity contribution in [2.75, 3.05) is 16.3 Å². The van der Waals surface area contributed by atoms with Gasteiger partial charge in [0.15, 0.2) is 0 Å². The Balaban J connectivity index is 1.71. The van der Waals surface area contributed by atoms with E-state index < -0.39 is 0 Å². The molecule has 4 nitrogen and oxygen atoms in total. The molecule has 2 aromatic carbocycles. The van der Waals surface area contributed by atoms with Crippen molar-refractivity contribution in [3.8, 4) is 5.75 Å². The Labute approximate surface area is 142 Å². The van der Waals surface area contributed by atoms with E-state index in [-0.39, 0.29) is 11.9 Å². The van der Waals surface area contributed by atoms with Gasteiger partial charge in [-0.25, -0.2) is 0 Å². The normalized spacial score (nSPS) is 20.0. The molecule has 1 saturated carbocycles. The second-order valence-corrected chi connectivity index (χ2v) is 6.83. The fourth-order valence-electron chi connectivity index (χ4n) is 3.79. The molecule has 1 unspecified atom stereocenters. The third-order valence-corrected chi connectivity index (χ3v) is 5.01. The van der Waals surface area contributed by atoms with Gasteiger partial charge in [-0.15, -0.1) is 0 Å². The maximum absolute atomic E-state index is 12.3. The zero-order chi connectivity index (χ0) is 16.7. The van der Waals surface area contributed by atoms with Crippen LogP contribution < -0.4 is 9.80 Å². The van der Waals surface area contributed by atoms with Crippen LogP contribution in [0, 0.1) is 5.92 Å². The molecule has 1 heterocycles. The fraction of sp³-hybridized carbons (Fsp3) is 0.350. The quantitative estimate of drug-likeness (QED) is 0.940. The smallest absolute Gasteiger partial charge is 0.224 e. The van der Waals surface area contributed by atoms with Crippen molar-refractivity contribution in [1.29, 1.82) is 0 Å². The van der Waals surface area contributed by atoms with Gasteiger partial charge in [0, 0.05) is 20.0 Å². The number of para-hydroxylation sites is 2. The lowest BCUT2D eigenvalue weighted by Gasteiger charge is -2.43. The molecule has 24 heavy (non-hydrogen) atoms. The Morgan fingerprint density at radius 1 is 1.12 bits per heavy atom. The largest absolute Gasteiger partial charge is 0.508 e. The molecule has 0 saturated heterocycles. The second kappa shape index (κ2) is 5.86. The number of fused-ring (bicyclic) bond motifs is 1. The summed E-state index contributed by atoms with van der Waals surface area (Å²) in [6.07, 6.45) is 2.41. The van der Waals surface area contributed by atoms with Crippen molar-refractivity contribution >= 4 is 17.3 Å². The van der Waals surface area contributed by atoms with Crippen LogP contribution in [0.2, 0.25) is 0 Å². The summed E-state index contributed by atoms with van der Waals surface area (Å²) in [6.45, 7) is 3.24. The molecule has 2 aliphatic rings. The lowest BCUT2D eigenvalue weighted by Crippen LogP contribution is -2.52. The van der Waals surface area contributed by atoms with E-state index in [0.29, 0.717) is 11.7 Å². The first-order valence-electron chi connectivity index (χ1n) is 8.55. The highest BCUT2D eigenvalue weighted by Gasteiger charge is 2.42. The van der Waals surface area contributed by atoms with Gasteiger partial charge in [0.2, 0.25) is 5.91 Å². The Kier molecular flexibility index (Phi) is 3.68. The van der Waals surface area contributed by atoms with E-state index in [9.17, 15) is 9.90 Å². The van der Waals surface area contributed by atoms with E-state index in [4.69, 9.17) is 0 Å². The Hall–Kier alpha value is -2.49. The number of amides is 1. The maximum atomic E-state index is 12.3. The molecular weight excluding hydrogens is 300 g/mol. The van der Waals surface area contributed by atoms with E-state index in [0.717, 1.165) is 30.0 Å². The molecule has 1 N–H and O–H groups in total. The average molecular weight is 322 g/mol. The zero-order valence-electron chi connectivity index (χ0n) is 13.9. The number of nitrogens with zero attached hydrogens (tertiary/aromatic N) is 2. The summed E-state index contributed by atoms with van der Waals surface area (Å²) in [6, 6.07) is 15.8. The molecule has 124 valence electrons. The number of hydrogen-bond acceptors (Lipinski definition) is 3. The number of aromatic hydroxyl groups is 1. The van der Waals surface area contributed by atoms with E-state index in [2.05, 4.69) is 11.0 Å². The number of carbonyl (C=O) groups is 1. The predicted molar refractivity (Wildman–Crippen MR) is 95.3 cm³/mol. The fourth-order valence-corrected chi connectivity index (χ4v) is 3.79. The van der Waals surface area contributed by atoms with E-state index in [1.165, 1.54) is 12.8 Å². The van der Waals surface area contributed by atoms with E-state index >= 15 is 0 Å². The molecular formula is C20H22N2O2. The van der Waals surface area contributed by atoms with Crippen molar-refractivity contribution in [3.05, 3.63) is 54.1 Å². The summed E-state index contributed by atoms with van der Waals surface area (Å²) in [5.41, 5.74) is 3.18. The number of benzene rings is 2. The molecule has 4 rings (SSSR count). The number of phenols is 1. The second-order valence-electron chi connectivity index (χ2n) is 6.83. The summed E-state index contributed by atoms with van der Waals surface area (Å²) in [7, 11) is 0. The van der Waals surface area contributed by atoms with Crippen molar-refractivity contribution in [3.63, 3.8) is 0 Å². The first-order chi connectivity index (χ1) is 11.6. The minimum atomic E-state index is 0.122. The molecule has 2 aromatic rings. The van der Waals surface area contributed by atoms with Gasteiger partial charge in [-0.1, -0.05) is 24.3 Å². The Morgan fingerprint density at radius 2 is 1.88 bits per heavy atom. The lowest BCUT2D eigenvalue weighted by molar-refractivity contribution is -0.117. The van der Waals surface area contributed by atoms with Crippen LogP contribution >= 0.6 is 0 Å². The van der Waals surface area contributed by atoms with Crippen molar-refractivity contribution in [2.24, 2.45) is 5.92 Å². The lowest BCUT2D eigenvalue weighted by atomic mass is 10.0. The molecule has 1 aliphatic heterocycles. The SMILES string of the molecule is CC(=O)N1c2ccccc2N(Cc2cccc(O)c2)CC1C1CC1. The summed E-state index contributed by atoms with van der Waals surface area (Å²) in [5.74, 6) is 1.02. The minimum absolute atomic E-state index is 0.122. The van der Waals surface area contributed by atoms with Gasteiger partial charge in [-0.3, -0.25) is 4.79 Å². The van der Waals surface area contributed by atoms with Crippen molar-refractivity contribution in [1.82, 2.24) is 0 Å². The third kappa shape index (κ3) is 2.73. The maximum Gasteiger partial charge on any atom is 0.224 e. The van der Waals surface area contributed by atoms with Crippen molar-refractivity contribution < 1.29 is 9.90 Å². The minimum Gasteiger partial charge on any atom is -0.508 e. The van der Waals surface area contributed by atoms with Crippen LogP contribution in [0.25, 0.3) is 0 Å². The highest BCUT2D eigenvalue weighted by molar-refractivity contribution is 5.97. The Morgan fingerprint density at radius 3 is 2.54 bits per heavy atom.